The Morgan fingerprint density at radius 2 is 1.31 bits per heavy atom. The van der Waals surface area contributed by atoms with Crippen molar-refractivity contribution in [3.8, 4) is 11.1 Å². The molecular formula is C22H25F3N2O2. The van der Waals surface area contributed by atoms with Gasteiger partial charge >= 0.3 is 12.3 Å². The van der Waals surface area contributed by atoms with E-state index in [9.17, 15) is 18.0 Å². The Morgan fingerprint density at radius 1 is 0.828 bits per heavy atom. The van der Waals surface area contributed by atoms with E-state index in [0.717, 1.165) is 28.9 Å². The van der Waals surface area contributed by atoms with Gasteiger partial charge in [0.1, 0.15) is 5.60 Å². The van der Waals surface area contributed by atoms with Gasteiger partial charge in [0.2, 0.25) is 0 Å². The fraction of sp³-hybridized carbons (Fsp3) is 0.409. The quantitative estimate of drug-likeness (QED) is 0.667. The highest BCUT2D eigenvalue weighted by molar-refractivity contribution is 5.69. The van der Waals surface area contributed by atoms with Crippen LogP contribution in [-0.4, -0.2) is 42.8 Å². The standard InChI is InChI=1S/C22H25F3N2O2/c1-21(2,3)29-20(28)27-14-12-26(13-15-27)19-10-6-17(7-11-19)16-4-8-18(9-5-16)22(23,24)25/h4-11H,12-15H2,1-3H3. The molecule has 156 valence electrons. The van der Waals surface area contributed by atoms with Gasteiger partial charge < -0.3 is 14.5 Å². The van der Waals surface area contributed by atoms with Gasteiger partial charge in [-0.15, -0.1) is 0 Å². The van der Waals surface area contributed by atoms with Crippen molar-refractivity contribution in [1.29, 1.82) is 0 Å². The normalized spacial score (nSPS) is 15.4. The van der Waals surface area contributed by atoms with Gasteiger partial charge in [-0.3, -0.25) is 0 Å². The van der Waals surface area contributed by atoms with Crippen molar-refractivity contribution in [2.45, 2.75) is 32.5 Å². The number of anilines is 1. The van der Waals surface area contributed by atoms with Crippen LogP contribution >= 0.6 is 0 Å². The molecule has 7 heteroatoms. The lowest BCUT2D eigenvalue weighted by Crippen LogP contribution is -2.50. The molecule has 2 aromatic rings. The lowest BCUT2D eigenvalue weighted by Gasteiger charge is -2.36. The number of halogens is 3. The number of benzene rings is 2. The minimum absolute atomic E-state index is 0.296. The number of rotatable bonds is 2. The zero-order valence-corrected chi connectivity index (χ0v) is 16.8. The number of hydrogen-bond donors (Lipinski definition) is 0. The van der Waals surface area contributed by atoms with Crippen LogP contribution in [-0.2, 0) is 10.9 Å². The van der Waals surface area contributed by atoms with Gasteiger partial charge in [-0.05, 0) is 56.2 Å². The summed E-state index contributed by atoms with van der Waals surface area (Å²) < 4.78 is 43.5. The largest absolute Gasteiger partial charge is 0.444 e. The molecule has 1 amide bonds. The van der Waals surface area contributed by atoms with Crippen LogP contribution in [0.5, 0.6) is 0 Å². The summed E-state index contributed by atoms with van der Waals surface area (Å²) in [6.07, 6.45) is -4.63. The minimum Gasteiger partial charge on any atom is -0.444 e. The van der Waals surface area contributed by atoms with Crippen LogP contribution in [0.15, 0.2) is 48.5 Å². The Morgan fingerprint density at radius 3 is 1.76 bits per heavy atom. The van der Waals surface area contributed by atoms with Crippen LogP contribution in [0.2, 0.25) is 0 Å². The first-order valence-electron chi connectivity index (χ1n) is 9.53. The topological polar surface area (TPSA) is 32.8 Å². The second-order valence-electron chi connectivity index (χ2n) is 8.08. The molecule has 1 aliphatic rings. The summed E-state index contributed by atoms with van der Waals surface area (Å²) in [4.78, 5) is 16.0. The van der Waals surface area contributed by atoms with Gasteiger partial charge in [0.15, 0.2) is 0 Å². The van der Waals surface area contributed by atoms with Crippen molar-refractivity contribution in [1.82, 2.24) is 4.90 Å². The molecule has 0 atom stereocenters. The van der Waals surface area contributed by atoms with Crippen molar-refractivity contribution in [3.63, 3.8) is 0 Å². The number of alkyl halides is 3. The number of carbonyl (C=O) groups is 1. The monoisotopic (exact) mass is 406 g/mol. The van der Waals surface area contributed by atoms with E-state index in [1.165, 1.54) is 12.1 Å². The number of ether oxygens (including phenoxy) is 1. The summed E-state index contributed by atoms with van der Waals surface area (Å²) in [5.74, 6) is 0. The van der Waals surface area contributed by atoms with E-state index in [1.807, 2.05) is 45.0 Å². The van der Waals surface area contributed by atoms with E-state index >= 15 is 0 Å². The fourth-order valence-electron chi connectivity index (χ4n) is 3.19. The number of carbonyl (C=O) groups excluding carboxylic acids is 1. The predicted octanol–water partition coefficient (Wildman–Crippen LogP) is 5.43. The van der Waals surface area contributed by atoms with Gasteiger partial charge in [-0.1, -0.05) is 24.3 Å². The molecule has 3 rings (SSSR count). The smallest absolute Gasteiger partial charge is 0.416 e. The summed E-state index contributed by atoms with van der Waals surface area (Å²) in [7, 11) is 0. The third-order valence-corrected chi connectivity index (χ3v) is 4.71. The van der Waals surface area contributed by atoms with Crippen molar-refractivity contribution in [2.24, 2.45) is 0 Å². The van der Waals surface area contributed by atoms with Crippen LogP contribution in [0.25, 0.3) is 11.1 Å². The number of hydrogen-bond acceptors (Lipinski definition) is 3. The maximum absolute atomic E-state index is 12.7. The first-order valence-corrected chi connectivity index (χ1v) is 9.53. The van der Waals surface area contributed by atoms with Gasteiger partial charge in [0.05, 0.1) is 5.56 Å². The molecule has 29 heavy (non-hydrogen) atoms. The van der Waals surface area contributed by atoms with E-state index in [1.54, 1.807) is 4.90 Å². The molecule has 1 heterocycles. The van der Waals surface area contributed by atoms with Gasteiger partial charge in [0, 0.05) is 31.9 Å². The molecular weight excluding hydrogens is 381 g/mol. The first kappa shape index (κ1) is 21.0. The second-order valence-corrected chi connectivity index (χ2v) is 8.08. The summed E-state index contributed by atoms with van der Waals surface area (Å²) >= 11 is 0. The van der Waals surface area contributed by atoms with E-state index in [-0.39, 0.29) is 6.09 Å². The summed E-state index contributed by atoms with van der Waals surface area (Å²) in [5, 5.41) is 0. The van der Waals surface area contributed by atoms with Crippen molar-refractivity contribution < 1.29 is 22.7 Å². The molecule has 0 spiro atoms. The Labute approximate surface area is 168 Å². The van der Waals surface area contributed by atoms with Crippen LogP contribution in [0.4, 0.5) is 23.7 Å². The average Bonchev–Trinajstić information content (AvgIpc) is 2.66. The Bertz CT molecular complexity index is 832. The van der Waals surface area contributed by atoms with Gasteiger partial charge in [0.25, 0.3) is 0 Å². The van der Waals surface area contributed by atoms with Gasteiger partial charge in [-0.2, -0.15) is 13.2 Å². The highest BCUT2D eigenvalue weighted by atomic mass is 19.4. The van der Waals surface area contributed by atoms with Crippen LogP contribution in [0, 0.1) is 0 Å². The van der Waals surface area contributed by atoms with Crippen LogP contribution < -0.4 is 4.90 Å². The lowest BCUT2D eigenvalue weighted by molar-refractivity contribution is -0.137. The zero-order valence-electron chi connectivity index (χ0n) is 16.8. The summed E-state index contributed by atoms with van der Waals surface area (Å²) in [6, 6.07) is 12.9. The van der Waals surface area contributed by atoms with Crippen molar-refractivity contribution in [2.75, 3.05) is 31.1 Å². The van der Waals surface area contributed by atoms with E-state index < -0.39 is 17.3 Å². The number of piperazine rings is 1. The van der Waals surface area contributed by atoms with E-state index in [2.05, 4.69) is 4.90 Å². The average molecular weight is 406 g/mol. The molecule has 1 saturated heterocycles. The Hall–Kier alpha value is -2.70. The number of nitrogens with zero attached hydrogens (tertiary/aromatic N) is 2. The molecule has 4 nitrogen and oxygen atoms in total. The Kier molecular flexibility index (Phi) is 5.78. The fourth-order valence-corrected chi connectivity index (χ4v) is 3.19. The molecule has 0 radical (unpaired) electrons. The summed E-state index contributed by atoms with van der Waals surface area (Å²) in [6.45, 7) is 8.08. The molecule has 0 aliphatic carbocycles. The lowest BCUT2D eigenvalue weighted by atomic mass is 10.0. The Balaban J connectivity index is 1.61. The molecule has 0 saturated carbocycles. The predicted molar refractivity (Wildman–Crippen MR) is 107 cm³/mol. The highest BCUT2D eigenvalue weighted by Gasteiger charge is 2.30. The van der Waals surface area contributed by atoms with Crippen LogP contribution in [0.1, 0.15) is 26.3 Å². The highest BCUT2D eigenvalue weighted by Crippen LogP contribution is 2.31. The third-order valence-electron chi connectivity index (χ3n) is 4.71. The summed E-state index contributed by atoms with van der Waals surface area (Å²) in [5.41, 5.74) is 1.45. The minimum atomic E-state index is -4.33. The molecule has 0 bridgehead atoms. The van der Waals surface area contributed by atoms with E-state index in [4.69, 9.17) is 4.74 Å². The maximum Gasteiger partial charge on any atom is 0.416 e. The molecule has 2 aromatic carbocycles. The first-order chi connectivity index (χ1) is 13.5. The van der Waals surface area contributed by atoms with Gasteiger partial charge in [-0.25, -0.2) is 4.79 Å². The van der Waals surface area contributed by atoms with Crippen LogP contribution in [0.3, 0.4) is 0 Å². The zero-order chi connectivity index (χ0) is 21.2. The van der Waals surface area contributed by atoms with Crippen molar-refractivity contribution in [3.05, 3.63) is 54.1 Å². The molecule has 0 aromatic heterocycles. The maximum atomic E-state index is 12.7. The molecule has 0 N–H and O–H groups in total. The SMILES string of the molecule is CC(C)(C)OC(=O)N1CCN(c2ccc(-c3ccc(C(F)(F)F)cc3)cc2)CC1. The third kappa shape index (κ3) is 5.43. The van der Waals surface area contributed by atoms with Crippen molar-refractivity contribution >= 4 is 11.8 Å². The van der Waals surface area contributed by atoms with E-state index in [0.29, 0.717) is 26.2 Å². The molecule has 0 unspecified atom stereocenters. The second kappa shape index (κ2) is 7.97. The molecule has 1 fully saturated rings. The molecule has 1 aliphatic heterocycles. The number of amides is 1.